The topological polar surface area (TPSA) is 80.4 Å². The third-order valence-electron chi connectivity index (χ3n) is 4.97. The fourth-order valence-corrected chi connectivity index (χ4v) is 3.59. The number of ether oxygens (including phenoxy) is 1. The average Bonchev–Trinajstić information content (AvgIpc) is 3.03. The minimum Gasteiger partial charge on any atom is -0.505 e. The number of carbonyl (C=O) groups excluding carboxylic acids is 1. The van der Waals surface area contributed by atoms with Crippen molar-refractivity contribution in [2.75, 3.05) is 6.61 Å². The maximum absolute atomic E-state index is 13.0. The van der Waals surface area contributed by atoms with E-state index in [1.54, 1.807) is 53.1 Å². The number of hydrogen-bond donors (Lipinski definition) is 1. The maximum Gasteiger partial charge on any atom is 0.341 e. The SMILES string of the molecule is CC(C)CCOC(=O)c1c2c(N=O)c3ccccc3c(O)c2n2ccccc12. The zero-order valence-corrected chi connectivity index (χ0v) is 15.7. The van der Waals surface area contributed by atoms with E-state index in [0.29, 0.717) is 33.1 Å². The Balaban J connectivity index is 2.08. The van der Waals surface area contributed by atoms with E-state index in [-0.39, 0.29) is 23.6 Å². The Kier molecular flexibility index (Phi) is 4.47. The van der Waals surface area contributed by atoms with E-state index >= 15 is 0 Å². The van der Waals surface area contributed by atoms with Crippen LogP contribution in [-0.4, -0.2) is 22.1 Å². The Morgan fingerprint density at radius 2 is 1.86 bits per heavy atom. The van der Waals surface area contributed by atoms with Crippen LogP contribution in [0.25, 0.3) is 27.2 Å². The molecule has 0 bridgehead atoms. The summed E-state index contributed by atoms with van der Waals surface area (Å²) in [6.07, 6.45) is 2.48. The number of rotatable bonds is 5. The van der Waals surface area contributed by atoms with Crippen LogP contribution in [0.3, 0.4) is 0 Å². The number of aromatic hydroxyl groups is 1. The molecule has 0 saturated heterocycles. The van der Waals surface area contributed by atoms with Gasteiger partial charge in [0.15, 0.2) is 0 Å². The van der Waals surface area contributed by atoms with Crippen molar-refractivity contribution in [2.45, 2.75) is 20.3 Å². The van der Waals surface area contributed by atoms with Gasteiger partial charge in [-0.3, -0.25) is 0 Å². The van der Waals surface area contributed by atoms with Gasteiger partial charge in [-0.25, -0.2) is 4.79 Å². The van der Waals surface area contributed by atoms with Gasteiger partial charge in [-0.1, -0.05) is 44.2 Å². The van der Waals surface area contributed by atoms with Crippen LogP contribution >= 0.6 is 0 Å². The van der Waals surface area contributed by atoms with Crippen molar-refractivity contribution >= 4 is 38.8 Å². The minimum atomic E-state index is -0.529. The first-order valence-corrected chi connectivity index (χ1v) is 9.21. The molecule has 0 amide bonds. The van der Waals surface area contributed by atoms with Crippen LogP contribution in [0.4, 0.5) is 5.69 Å². The molecule has 142 valence electrons. The number of nitroso groups, excluding NO2 is 1. The van der Waals surface area contributed by atoms with Crippen molar-refractivity contribution < 1.29 is 14.6 Å². The fraction of sp³-hybridized carbons (Fsp3) is 0.227. The molecule has 6 heteroatoms. The zero-order valence-electron chi connectivity index (χ0n) is 15.7. The number of benzene rings is 2. The van der Waals surface area contributed by atoms with Gasteiger partial charge >= 0.3 is 5.97 Å². The summed E-state index contributed by atoms with van der Waals surface area (Å²) >= 11 is 0. The second-order valence-corrected chi connectivity index (χ2v) is 7.21. The van der Waals surface area contributed by atoms with Crippen LogP contribution in [0.5, 0.6) is 5.75 Å². The van der Waals surface area contributed by atoms with Crippen LogP contribution < -0.4 is 0 Å². The first kappa shape index (κ1) is 18.0. The first-order chi connectivity index (χ1) is 13.5. The molecule has 0 fully saturated rings. The van der Waals surface area contributed by atoms with Gasteiger partial charge in [-0.2, -0.15) is 0 Å². The van der Waals surface area contributed by atoms with E-state index in [9.17, 15) is 14.8 Å². The van der Waals surface area contributed by atoms with E-state index in [0.717, 1.165) is 6.42 Å². The quantitative estimate of drug-likeness (QED) is 0.366. The molecule has 0 saturated carbocycles. The second kappa shape index (κ2) is 6.96. The standard InChI is InChI=1S/C22H20N2O4/c1-13(2)10-12-28-22(26)17-16-9-5-6-11-24(16)20-18(17)19(23-27)14-7-3-4-8-15(14)21(20)25/h3-9,11,13,25H,10,12H2,1-2H3. The molecule has 2 aromatic heterocycles. The highest BCUT2D eigenvalue weighted by Crippen LogP contribution is 2.45. The third kappa shape index (κ3) is 2.69. The molecule has 0 radical (unpaired) electrons. The normalized spacial score (nSPS) is 11.5. The van der Waals surface area contributed by atoms with Crippen molar-refractivity contribution in [3.63, 3.8) is 0 Å². The number of phenolic OH excluding ortho intramolecular Hbond substituents is 1. The molecule has 0 aliphatic rings. The molecule has 2 aromatic carbocycles. The largest absolute Gasteiger partial charge is 0.505 e. The highest BCUT2D eigenvalue weighted by atomic mass is 16.5. The highest BCUT2D eigenvalue weighted by molar-refractivity contribution is 6.23. The fourth-order valence-electron chi connectivity index (χ4n) is 3.59. The number of fused-ring (bicyclic) bond motifs is 4. The van der Waals surface area contributed by atoms with Crippen molar-refractivity contribution in [1.29, 1.82) is 0 Å². The van der Waals surface area contributed by atoms with Gasteiger partial charge in [0.05, 0.1) is 23.2 Å². The van der Waals surface area contributed by atoms with Crippen LogP contribution in [0.1, 0.15) is 30.6 Å². The third-order valence-corrected chi connectivity index (χ3v) is 4.97. The Morgan fingerprint density at radius 3 is 2.57 bits per heavy atom. The molecule has 0 atom stereocenters. The van der Waals surface area contributed by atoms with E-state index in [1.165, 1.54) is 0 Å². The molecular formula is C22H20N2O4. The number of aromatic nitrogens is 1. The summed E-state index contributed by atoms with van der Waals surface area (Å²) in [6, 6.07) is 12.3. The number of phenols is 1. The van der Waals surface area contributed by atoms with E-state index in [2.05, 4.69) is 19.0 Å². The Labute approximate surface area is 161 Å². The zero-order chi connectivity index (χ0) is 19.8. The van der Waals surface area contributed by atoms with Gasteiger partial charge in [0.25, 0.3) is 0 Å². The molecule has 28 heavy (non-hydrogen) atoms. The number of esters is 1. The van der Waals surface area contributed by atoms with Crippen LogP contribution in [0.2, 0.25) is 0 Å². The maximum atomic E-state index is 13.0. The molecule has 0 spiro atoms. The van der Waals surface area contributed by atoms with Crippen molar-refractivity contribution in [1.82, 2.24) is 4.40 Å². The smallest absolute Gasteiger partial charge is 0.341 e. The Bertz CT molecular complexity index is 1220. The number of hydrogen-bond acceptors (Lipinski definition) is 5. The molecule has 0 aliphatic heterocycles. The second-order valence-electron chi connectivity index (χ2n) is 7.21. The summed E-state index contributed by atoms with van der Waals surface area (Å²) < 4.78 is 7.19. The summed E-state index contributed by atoms with van der Waals surface area (Å²) in [7, 11) is 0. The summed E-state index contributed by atoms with van der Waals surface area (Å²) in [5.74, 6) is -0.130. The Morgan fingerprint density at radius 1 is 1.14 bits per heavy atom. The van der Waals surface area contributed by atoms with Crippen LogP contribution in [0, 0.1) is 10.8 Å². The van der Waals surface area contributed by atoms with Gasteiger partial charge in [-0.05, 0) is 29.6 Å². The lowest BCUT2D eigenvalue weighted by Crippen LogP contribution is -2.08. The molecule has 0 aliphatic carbocycles. The van der Waals surface area contributed by atoms with Crippen molar-refractivity contribution in [3.05, 3.63) is 59.1 Å². The lowest BCUT2D eigenvalue weighted by molar-refractivity contribution is 0.0492. The predicted octanol–water partition coefficient (Wildman–Crippen LogP) is 5.55. The predicted molar refractivity (Wildman–Crippen MR) is 109 cm³/mol. The summed E-state index contributed by atoms with van der Waals surface area (Å²) in [5.41, 5.74) is 1.31. The van der Waals surface area contributed by atoms with Gasteiger partial charge in [0.1, 0.15) is 11.4 Å². The van der Waals surface area contributed by atoms with Crippen LogP contribution in [0.15, 0.2) is 53.8 Å². The Hall–Kier alpha value is -3.41. The molecule has 4 aromatic rings. The molecule has 1 N–H and O–H groups in total. The molecule has 2 heterocycles. The number of carbonyl (C=O) groups is 1. The molecule has 6 nitrogen and oxygen atoms in total. The lowest BCUT2D eigenvalue weighted by Gasteiger charge is -2.08. The molecule has 4 rings (SSSR count). The van der Waals surface area contributed by atoms with Gasteiger partial charge in [0.2, 0.25) is 0 Å². The lowest BCUT2D eigenvalue weighted by atomic mass is 10.0. The average molecular weight is 376 g/mol. The summed E-state index contributed by atoms with van der Waals surface area (Å²) in [6.45, 7) is 4.39. The highest BCUT2D eigenvalue weighted by Gasteiger charge is 2.27. The first-order valence-electron chi connectivity index (χ1n) is 9.21. The molecule has 0 unspecified atom stereocenters. The monoisotopic (exact) mass is 376 g/mol. The number of nitrogens with zero attached hydrogens (tertiary/aromatic N) is 2. The van der Waals surface area contributed by atoms with E-state index < -0.39 is 5.97 Å². The van der Waals surface area contributed by atoms with Gasteiger partial charge in [0, 0.05) is 22.4 Å². The van der Waals surface area contributed by atoms with E-state index in [4.69, 9.17) is 4.74 Å². The van der Waals surface area contributed by atoms with Gasteiger partial charge < -0.3 is 14.2 Å². The molecular weight excluding hydrogens is 356 g/mol. The van der Waals surface area contributed by atoms with E-state index in [1.807, 2.05) is 0 Å². The summed E-state index contributed by atoms with van der Waals surface area (Å²) in [4.78, 5) is 24.8. The minimum absolute atomic E-state index is 0.000399. The van der Waals surface area contributed by atoms with Crippen LogP contribution in [-0.2, 0) is 4.74 Å². The van der Waals surface area contributed by atoms with Gasteiger partial charge in [-0.15, -0.1) is 4.91 Å². The van der Waals surface area contributed by atoms with Crippen molar-refractivity contribution in [2.24, 2.45) is 11.1 Å². The van der Waals surface area contributed by atoms with Crippen molar-refractivity contribution in [3.8, 4) is 5.75 Å². The summed E-state index contributed by atoms with van der Waals surface area (Å²) in [5, 5.41) is 15.5. The number of pyridine rings is 1.